The van der Waals surface area contributed by atoms with E-state index in [1.807, 2.05) is 6.07 Å². The number of amides is 1. The van der Waals surface area contributed by atoms with Crippen molar-refractivity contribution in [2.24, 2.45) is 5.92 Å². The highest BCUT2D eigenvalue weighted by molar-refractivity contribution is 5.94. The largest absolute Gasteiger partial charge is 0.493 e. The molecule has 1 aromatic rings. The third-order valence-corrected chi connectivity index (χ3v) is 3.21. The molecule has 1 saturated heterocycles. The van der Waals surface area contributed by atoms with E-state index in [-0.39, 0.29) is 19.0 Å². The molecule has 0 unspecified atom stereocenters. The Morgan fingerprint density at radius 3 is 2.60 bits per heavy atom. The van der Waals surface area contributed by atoms with Crippen molar-refractivity contribution >= 4 is 5.91 Å². The summed E-state index contributed by atoms with van der Waals surface area (Å²) in [6.45, 7) is 5.04. The van der Waals surface area contributed by atoms with Crippen LogP contribution in [0.2, 0.25) is 0 Å². The van der Waals surface area contributed by atoms with Gasteiger partial charge in [0.2, 0.25) is 0 Å². The molecule has 0 radical (unpaired) electrons. The predicted molar refractivity (Wildman–Crippen MR) is 74.7 cm³/mol. The molecular formula is C15H21NO4. The van der Waals surface area contributed by atoms with Crippen LogP contribution in [0.25, 0.3) is 0 Å². The van der Waals surface area contributed by atoms with E-state index in [4.69, 9.17) is 4.74 Å². The fourth-order valence-electron chi connectivity index (χ4n) is 2.10. The Kier molecular flexibility index (Phi) is 4.62. The maximum absolute atomic E-state index is 12.3. The lowest BCUT2D eigenvalue weighted by atomic mass is 10.2. The van der Waals surface area contributed by atoms with Crippen molar-refractivity contribution in [1.82, 2.24) is 4.90 Å². The van der Waals surface area contributed by atoms with Crippen molar-refractivity contribution in [3.8, 4) is 5.75 Å². The van der Waals surface area contributed by atoms with Crippen molar-refractivity contribution in [2.75, 3.05) is 19.7 Å². The fourth-order valence-corrected chi connectivity index (χ4v) is 2.10. The van der Waals surface area contributed by atoms with Gasteiger partial charge in [0.1, 0.15) is 5.75 Å². The second-order valence-electron chi connectivity index (χ2n) is 5.58. The van der Waals surface area contributed by atoms with E-state index < -0.39 is 12.2 Å². The molecule has 5 heteroatoms. The molecule has 5 nitrogen and oxygen atoms in total. The van der Waals surface area contributed by atoms with Gasteiger partial charge in [0.15, 0.2) is 0 Å². The van der Waals surface area contributed by atoms with Crippen LogP contribution in [0.15, 0.2) is 24.3 Å². The summed E-state index contributed by atoms with van der Waals surface area (Å²) in [5.74, 6) is 0.874. The van der Waals surface area contributed by atoms with E-state index >= 15 is 0 Å². The summed E-state index contributed by atoms with van der Waals surface area (Å²) in [4.78, 5) is 13.7. The first-order valence-corrected chi connectivity index (χ1v) is 6.85. The number of β-amino-alcohol motifs (C(OH)–C–C–N with tert-alkyl or cyclic N) is 2. The number of benzene rings is 1. The molecule has 0 aromatic heterocycles. The number of nitrogens with zero attached hydrogens (tertiary/aromatic N) is 1. The van der Waals surface area contributed by atoms with E-state index in [0.717, 1.165) is 0 Å². The normalized spacial score (nSPS) is 22.4. The average molecular weight is 279 g/mol. The second-order valence-corrected chi connectivity index (χ2v) is 5.58. The van der Waals surface area contributed by atoms with Gasteiger partial charge in [0.05, 0.1) is 18.8 Å². The Bertz CT molecular complexity index is 465. The summed E-state index contributed by atoms with van der Waals surface area (Å²) in [6, 6.07) is 6.99. The van der Waals surface area contributed by atoms with Crippen molar-refractivity contribution < 1.29 is 19.7 Å². The molecule has 1 aliphatic heterocycles. The Labute approximate surface area is 118 Å². The van der Waals surface area contributed by atoms with Crippen LogP contribution >= 0.6 is 0 Å². The van der Waals surface area contributed by atoms with Gasteiger partial charge in [-0.2, -0.15) is 0 Å². The van der Waals surface area contributed by atoms with Crippen LogP contribution in [-0.4, -0.2) is 52.9 Å². The molecule has 1 fully saturated rings. The molecule has 1 heterocycles. The first kappa shape index (κ1) is 14.8. The van der Waals surface area contributed by atoms with Gasteiger partial charge in [-0.05, 0) is 24.1 Å². The van der Waals surface area contributed by atoms with Gasteiger partial charge in [-0.3, -0.25) is 4.79 Å². The van der Waals surface area contributed by atoms with Crippen molar-refractivity contribution in [3.05, 3.63) is 29.8 Å². The number of likely N-dealkylation sites (tertiary alicyclic amines) is 1. The number of carbonyl (C=O) groups excluding carboxylic acids is 1. The van der Waals surface area contributed by atoms with E-state index in [1.54, 1.807) is 18.2 Å². The molecule has 2 atom stereocenters. The summed E-state index contributed by atoms with van der Waals surface area (Å²) in [5, 5.41) is 19.0. The third kappa shape index (κ3) is 3.49. The minimum Gasteiger partial charge on any atom is -0.493 e. The number of hydrogen-bond acceptors (Lipinski definition) is 4. The number of ether oxygens (including phenoxy) is 1. The highest BCUT2D eigenvalue weighted by Gasteiger charge is 2.32. The molecule has 2 rings (SSSR count). The number of hydrogen-bond donors (Lipinski definition) is 2. The van der Waals surface area contributed by atoms with Crippen molar-refractivity contribution in [1.29, 1.82) is 0 Å². The minimum absolute atomic E-state index is 0.164. The Hall–Kier alpha value is -1.59. The van der Waals surface area contributed by atoms with Gasteiger partial charge in [-0.1, -0.05) is 19.9 Å². The van der Waals surface area contributed by atoms with Gasteiger partial charge in [-0.25, -0.2) is 0 Å². The zero-order valence-corrected chi connectivity index (χ0v) is 11.8. The molecule has 110 valence electrons. The molecule has 0 aliphatic carbocycles. The first-order chi connectivity index (χ1) is 9.47. The summed E-state index contributed by atoms with van der Waals surface area (Å²) in [6.07, 6.45) is -1.72. The van der Waals surface area contributed by atoms with Crippen LogP contribution in [0.4, 0.5) is 0 Å². The molecular weight excluding hydrogens is 258 g/mol. The highest BCUT2D eigenvalue weighted by atomic mass is 16.5. The molecule has 1 amide bonds. The van der Waals surface area contributed by atoms with Crippen LogP contribution < -0.4 is 4.74 Å². The molecule has 0 bridgehead atoms. The molecule has 1 aliphatic rings. The van der Waals surface area contributed by atoms with Crippen molar-refractivity contribution in [2.45, 2.75) is 26.1 Å². The van der Waals surface area contributed by atoms with Crippen LogP contribution in [0.3, 0.4) is 0 Å². The molecule has 1 aromatic carbocycles. The molecule has 0 saturated carbocycles. The Morgan fingerprint density at radius 2 is 2.00 bits per heavy atom. The SMILES string of the molecule is CC(C)COc1cccc(C(=O)N2C[C@@H](O)[C@@H](O)C2)c1. The Morgan fingerprint density at radius 1 is 1.35 bits per heavy atom. The number of carbonyl (C=O) groups is 1. The predicted octanol–water partition coefficient (Wildman–Crippen LogP) is 0.899. The molecule has 2 N–H and O–H groups in total. The number of aliphatic hydroxyl groups excluding tert-OH is 2. The average Bonchev–Trinajstić information content (AvgIpc) is 2.76. The summed E-state index contributed by atoms with van der Waals surface area (Å²) in [5.41, 5.74) is 0.507. The number of aliphatic hydroxyl groups is 2. The highest BCUT2D eigenvalue weighted by Crippen LogP contribution is 2.18. The third-order valence-electron chi connectivity index (χ3n) is 3.21. The smallest absolute Gasteiger partial charge is 0.254 e. The van der Waals surface area contributed by atoms with E-state index in [2.05, 4.69) is 13.8 Å². The van der Waals surface area contributed by atoms with Crippen LogP contribution in [0, 0.1) is 5.92 Å². The summed E-state index contributed by atoms with van der Waals surface area (Å²) >= 11 is 0. The van der Waals surface area contributed by atoms with Gasteiger partial charge in [-0.15, -0.1) is 0 Å². The lowest BCUT2D eigenvalue weighted by molar-refractivity contribution is 0.0572. The van der Waals surface area contributed by atoms with E-state index in [9.17, 15) is 15.0 Å². The zero-order valence-electron chi connectivity index (χ0n) is 11.8. The summed E-state index contributed by atoms with van der Waals surface area (Å²) < 4.78 is 5.59. The van der Waals surface area contributed by atoms with Crippen LogP contribution in [0.1, 0.15) is 24.2 Å². The lowest BCUT2D eigenvalue weighted by Gasteiger charge is -2.16. The lowest BCUT2D eigenvalue weighted by Crippen LogP contribution is -2.29. The van der Waals surface area contributed by atoms with Gasteiger partial charge < -0.3 is 19.8 Å². The van der Waals surface area contributed by atoms with Gasteiger partial charge in [0, 0.05) is 18.7 Å². The maximum Gasteiger partial charge on any atom is 0.254 e. The standard InChI is InChI=1S/C15H21NO4/c1-10(2)9-20-12-5-3-4-11(6-12)15(19)16-7-13(17)14(18)8-16/h3-6,10,13-14,17-18H,7-9H2,1-2H3/t13-,14+. The second kappa shape index (κ2) is 6.24. The van der Waals surface area contributed by atoms with Gasteiger partial charge in [0.25, 0.3) is 5.91 Å². The Balaban J connectivity index is 2.05. The first-order valence-electron chi connectivity index (χ1n) is 6.85. The summed E-state index contributed by atoms with van der Waals surface area (Å²) in [7, 11) is 0. The molecule has 0 spiro atoms. The van der Waals surface area contributed by atoms with Crippen LogP contribution in [-0.2, 0) is 0 Å². The monoisotopic (exact) mass is 279 g/mol. The van der Waals surface area contributed by atoms with Gasteiger partial charge >= 0.3 is 0 Å². The van der Waals surface area contributed by atoms with E-state index in [1.165, 1.54) is 4.90 Å². The van der Waals surface area contributed by atoms with Crippen molar-refractivity contribution in [3.63, 3.8) is 0 Å². The minimum atomic E-state index is -0.862. The quantitative estimate of drug-likeness (QED) is 0.859. The fraction of sp³-hybridized carbons (Fsp3) is 0.533. The number of rotatable bonds is 4. The maximum atomic E-state index is 12.3. The zero-order chi connectivity index (χ0) is 14.7. The topological polar surface area (TPSA) is 70.0 Å². The van der Waals surface area contributed by atoms with E-state index in [0.29, 0.717) is 23.8 Å². The molecule has 20 heavy (non-hydrogen) atoms. The van der Waals surface area contributed by atoms with Crippen LogP contribution in [0.5, 0.6) is 5.75 Å².